The van der Waals surface area contributed by atoms with Crippen molar-refractivity contribution in [2.24, 2.45) is 5.92 Å². The lowest BCUT2D eigenvalue weighted by Gasteiger charge is -2.13. The molecule has 0 bridgehead atoms. The number of methoxy groups -OCH3 is 2. The highest BCUT2D eigenvalue weighted by Crippen LogP contribution is 2.27. The van der Waals surface area contributed by atoms with Gasteiger partial charge in [0.25, 0.3) is 0 Å². The molecule has 0 aliphatic rings. The molecule has 0 spiro atoms. The van der Waals surface area contributed by atoms with Crippen molar-refractivity contribution in [1.29, 1.82) is 0 Å². The normalized spacial score (nSPS) is 12.2. The van der Waals surface area contributed by atoms with Crippen molar-refractivity contribution in [1.82, 2.24) is 15.1 Å². The Labute approximate surface area is 154 Å². The largest absolute Gasteiger partial charge is 0.493 e. The van der Waals surface area contributed by atoms with Gasteiger partial charge in [-0.3, -0.25) is 9.48 Å². The van der Waals surface area contributed by atoms with Crippen molar-refractivity contribution in [2.45, 2.75) is 27.3 Å². The minimum atomic E-state index is -0.125. The molecule has 0 radical (unpaired) electrons. The van der Waals surface area contributed by atoms with E-state index in [1.807, 2.05) is 36.7 Å². The molecule has 1 aromatic carbocycles. The summed E-state index contributed by atoms with van der Waals surface area (Å²) in [5.41, 5.74) is 3.01. The minimum absolute atomic E-state index is 0.125. The third-order valence-electron chi connectivity index (χ3n) is 4.05. The van der Waals surface area contributed by atoms with E-state index in [4.69, 9.17) is 9.47 Å². The van der Waals surface area contributed by atoms with Crippen molar-refractivity contribution in [2.75, 3.05) is 20.8 Å². The molecule has 1 atom stereocenters. The van der Waals surface area contributed by atoms with Gasteiger partial charge in [-0.15, -0.1) is 0 Å². The number of aryl methyl sites for hydroxylation is 2. The van der Waals surface area contributed by atoms with Gasteiger partial charge in [0.05, 0.1) is 19.9 Å². The molecular weight excluding hydrogens is 330 g/mol. The lowest BCUT2D eigenvalue weighted by molar-refractivity contribution is -0.116. The number of carbonyl (C=O) groups is 1. The Kier molecular flexibility index (Phi) is 6.83. The highest BCUT2D eigenvalue weighted by atomic mass is 16.5. The topological polar surface area (TPSA) is 65.4 Å². The summed E-state index contributed by atoms with van der Waals surface area (Å²) < 4.78 is 12.4. The van der Waals surface area contributed by atoms with Gasteiger partial charge in [-0.05, 0) is 49.6 Å². The first-order valence-electron chi connectivity index (χ1n) is 8.62. The Balaban J connectivity index is 1.86. The molecule has 0 aliphatic heterocycles. The second-order valence-electron chi connectivity index (χ2n) is 6.41. The molecule has 140 valence electrons. The number of ether oxygens (including phenoxy) is 2. The summed E-state index contributed by atoms with van der Waals surface area (Å²) in [5, 5.41) is 7.38. The SMILES string of the molecule is COc1ccc(/C=C/C(=O)NCC(C)Cn2nc(C)cc2C)cc1OC. The maximum absolute atomic E-state index is 12.0. The summed E-state index contributed by atoms with van der Waals surface area (Å²) in [4.78, 5) is 12.0. The predicted octanol–water partition coefficient (Wildman–Crippen LogP) is 2.98. The monoisotopic (exact) mass is 357 g/mol. The Morgan fingerprint density at radius 2 is 1.96 bits per heavy atom. The van der Waals surface area contributed by atoms with Gasteiger partial charge in [-0.25, -0.2) is 0 Å². The van der Waals surface area contributed by atoms with Gasteiger partial charge < -0.3 is 14.8 Å². The molecule has 1 unspecified atom stereocenters. The molecule has 2 rings (SSSR count). The number of amides is 1. The van der Waals surface area contributed by atoms with E-state index in [-0.39, 0.29) is 11.8 Å². The number of aromatic nitrogens is 2. The molecule has 0 saturated heterocycles. The zero-order valence-electron chi connectivity index (χ0n) is 16.1. The quantitative estimate of drug-likeness (QED) is 0.738. The third kappa shape index (κ3) is 5.37. The van der Waals surface area contributed by atoms with Crippen LogP contribution in [0.5, 0.6) is 11.5 Å². The second-order valence-corrected chi connectivity index (χ2v) is 6.41. The van der Waals surface area contributed by atoms with Crippen molar-refractivity contribution >= 4 is 12.0 Å². The average Bonchev–Trinajstić information content (AvgIpc) is 2.94. The number of nitrogens with zero attached hydrogens (tertiary/aromatic N) is 2. The summed E-state index contributed by atoms with van der Waals surface area (Å²) in [7, 11) is 3.18. The average molecular weight is 357 g/mol. The van der Waals surface area contributed by atoms with E-state index in [0.717, 1.165) is 23.5 Å². The van der Waals surface area contributed by atoms with E-state index < -0.39 is 0 Å². The van der Waals surface area contributed by atoms with E-state index in [9.17, 15) is 4.79 Å². The summed E-state index contributed by atoms with van der Waals surface area (Å²) in [5.74, 6) is 1.45. The maximum Gasteiger partial charge on any atom is 0.244 e. The van der Waals surface area contributed by atoms with Crippen molar-refractivity contribution in [3.63, 3.8) is 0 Å². The first-order chi connectivity index (χ1) is 12.4. The molecule has 0 aliphatic carbocycles. The van der Waals surface area contributed by atoms with Crippen LogP contribution in [0.1, 0.15) is 23.9 Å². The smallest absolute Gasteiger partial charge is 0.244 e. The Morgan fingerprint density at radius 3 is 2.58 bits per heavy atom. The van der Waals surface area contributed by atoms with Gasteiger partial charge in [0.1, 0.15) is 0 Å². The number of hydrogen-bond acceptors (Lipinski definition) is 4. The van der Waals surface area contributed by atoms with Crippen LogP contribution in [0.15, 0.2) is 30.3 Å². The lowest BCUT2D eigenvalue weighted by atomic mass is 10.1. The fraction of sp³-hybridized carbons (Fsp3) is 0.400. The van der Waals surface area contributed by atoms with Crippen LogP contribution in [0, 0.1) is 19.8 Å². The lowest BCUT2D eigenvalue weighted by Crippen LogP contribution is -2.29. The molecule has 6 heteroatoms. The van der Waals surface area contributed by atoms with Crippen LogP contribution in [0.3, 0.4) is 0 Å². The van der Waals surface area contributed by atoms with Gasteiger partial charge in [0.2, 0.25) is 5.91 Å². The van der Waals surface area contributed by atoms with Crippen LogP contribution < -0.4 is 14.8 Å². The molecule has 26 heavy (non-hydrogen) atoms. The van der Waals surface area contributed by atoms with Crippen LogP contribution in [0.2, 0.25) is 0 Å². The number of nitrogens with one attached hydrogen (secondary N) is 1. The summed E-state index contributed by atoms with van der Waals surface area (Å²) in [6.07, 6.45) is 3.28. The highest BCUT2D eigenvalue weighted by Gasteiger charge is 2.08. The van der Waals surface area contributed by atoms with Crippen LogP contribution >= 0.6 is 0 Å². The number of benzene rings is 1. The minimum Gasteiger partial charge on any atom is -0.493 e. The molecule has 6 nitrogen and oxygen atoms in total. The van der Waals surface area contributed by atoms with Gasteiger partial charge in [-0.1, -0.05) is 13.0 Å². The zero-order valence-corrected chi connectivity index (χ0v) is 16.1. The number of hydrogen-bond donors (Lipinski definition) is 1. The Morgan fingerprint density at radius 1 is 1.23 bits per heavy atom. The fourth-order valence-corrected chi connectivity index (χ4v) is 2.68. The zero-order chi connectivity index (χ0) is 19.1. The van der Waals surface area contributed by atoms with Crippen LogP contribution in [0.4, 0.5) is 0 Å². The maximum atomic E-state index is 12.0. The van der Waals surface area contributed by atoms with E-state index in [1.165, 1.54) is 6.08 Å². The summed E-state index contributed by atoms with van der Waals surface area (Å²) >= 11 is 0. The van der Waals surface area contributed by atoms with Gasteiger partial charge in [0, 0.05) is 24.9 Å². The second kappa shape index (κ2) is 9.08. The first-order valence-corrected chi connectivity index (χ1v) is 8.62. The van der Waals surface area contributed by atoms with Crippen LogP contribution in [0.25, 0.3) is 6.08 Å². The van der Waals surface area contributed by atoms with Gasteiger partial charge in [-0.2, -0.15) is 5.10 Å². The molecular formula is C20H27N3O3. The molecule has 0 fully saturated rings. The molecule has 0 saturated carbocycles. The molecule has 1 amide bonds. The summed E-state index contributed by atoms with van der Waals surface area (Å²) in [6, 6.07) is 7.56. The van der Waals surface area contributed by atoms with Crippen molar-refractivity contribution < 1.29 is 14.3 Å². The molecule has 1 N–H and O–H groups in total. The van der Waals surface area contributed by atoms with Crippen LogP contribution in [-0.2, 0) is 11.3 Å². The van der Waals surface area contributed by atoms with Gasteiger partial charge >= 0.3 is 0 Å². The van der Waals surface area contributed by atoms with Crippen molar-refractivity contribution in [3.05, 3.63) is 47.3 Å². The molecule has 1 aromatic heterocycles. The standard InChI is InChI=1S/C20H27N3O3/c1-14(13-23-16(3)10-15(2)22-23)12-21-20(24)9-7-17-6-8-18(25-4)19(11-17)26-5/h6-11,14H,12-13H2,1-5H3,(H,21,24)/b9-7+. The van der Waals surface area contributed by atoms with Gasteiger partial charge in [0.15, 0.2) is 11.5 Å². The highest BCUT2D eigenvalue weighted by molar-refractivity contribution is 5.91. The fourth-order valence-electron chi connectivity index (χ4n) is 2.68. The van der Waals surface area contributed by atoms with Crippen molar-refractivity contribution in [3.8, 4) is 11.5 Å². The Hall–Kier alpha value is -2.76. The molecule has 1 heterocycles. The summed E-state index contributed by atoms with van der Waals surface area (Å²) in [6.45, 7) is 7.48. The van der Waals surface area contributed by atoms with Crippen LogP contribution in [-0.4, -0.2) is 36.5 Å². The molecule has 2 aromatic rings. The third-order valence-corrected chi connectivity index (χ3v) is 4.05. The van der Waals surface area contributed by atoms with E-state index in [0.29, 0.717) is 18.0 Å². The first kappa shape index (κ1) is 19.6. The van der Waals surface area contributed by atoms with E-state index in [2.05, 4.69) is 23.4 Å². The number of carbonyl (C=O) groups excluding carboxylic acids is 1. The predicted molar refractivity (Wildman–Crippen MR) is 102 cm³/mol. The number of rotatable bonds is 8. The van der Waals surface area contributed by atoms with E-state index >= 15 is 0 Å². The Bertz CT molecular complexity index is 781. The van der Waals surface area contributed by atoms with E-state index in [1.54, 1.807) is 20.3 Å².